The zero-order valence-corrected chi connectivity index (χ0v) is 9.90. The fourth-order valence-electron chi connectivity index (χ4n) is 2.50. The number of nitrogens with one attached hydrogen (secondary N) is 1. The Hall–Kier alpha value is -1.55. The Morgan fingerprint density at radius 3 is 3.06 bits per heavy atom. The number of nitrogens with zero attached hydrogens (tertiary/aromatic N) is 1. The minimum absolute atomic E-state index is 0.297. The molecule has 1 aromatic heterocycles. The highest BCUT2D eigenvalue weighted by Crippen LogP contribution is 2.25. The van der Waals surface area contributed by atoms with Crippen LogP contribution in [0.1, 0.15) is 30.9 Å². The van der Waals surface area contributed by atoms with Gasteiger partial charge in [0.1, 0.15) is 0 Å². The van der Waals surface area contributed by atoms with Gasteiger partial charge < -0.3 is 9.73 Å². The van der Waals surface area contributed by atoms with E-state index in [1.165, 1.54) is 23.0 Å². The lowest BCUT2D eigenvalue weighted by Gasteiger charge is -2.23. The largest absolute Gasteiger partial charge is 0.419 e. The van der Waals surface area contributed by atoms with Gasteiger partial charge in [0.05, 0.1) is 5.52 Å². The summed E-state index contributed by atoms with van der Waals surface area (Å²) in [4.78, 5) is 11.4. The summed E-state index contributed by atoms with van der Waals surface area (Å²) in [5.74, 6) is -0.297. The van der Waals surface area contributed by atoms with Crippen molar-refractivity contribution in [3.63, 3.8) is 0 Å². The predicted octanol–water partition coefficient (Wildman–Crippen LogP) is 1.95. The third kappa shape index (κ3) is 1.78. The van der Waals surface area contributed by atoms with Gasteiger partial charge in [-0.1, -0.05) is 12.5 Å². The molecule has 1 fully saturated rings. The number of aromatic nitrogens is 1. The summed E-state index contributed by atoms with van der Waals surface area (Å²) in [5, 5.41) is 3.49. The molecule has 2 aromatic rings. The third-order valence-electron chi connectivity index (χ3n) is 3.53. The highest BCUT2D eigenvalue weighted by Gasteiger charge is 2.16. The second kappa shape index (κ2) is 4.04. The molecule has 1 N–H and O–H groups in total. The Balaban J connectivity index is 2.04. The van der Waals surface area contributed by atoms with Gasteiger partial charge in [-0.2, -0.15) is 0 Å². The van der Waals surface area contributed by atoms with Gasteiger partial charge in [-0.05, 0) is 37.1 Å². The highest BCUT2D eigenvalue weighted by atomic mass is 16.4. The lowest BCUT2D eigenvalue weighted by atomic mass is 9.97. The van der Waals surface area contributed by atoms with Crippen molar-refractivity contribution in [1.82, 2.24) is 9.88 Å². The quantitative estimate of drug-likeness (QED) is 0.817. The van der Waals surface area contributed by atoms with Crippen LogP contribution in [0.25, 0.3) is 11.1 Å². The maximum atomic E-state index is 11.4. The van der Waals surface area contributed by atoms with E-state index in [9.17, 15) is 4.79 Å². The van der Waals surface area contributed by atoms with Gasteiger partial charge in [0.15, 0.2) is 5.58 Å². The molecule has 4 heteroatoms. The van der Waals surface area contributed by atoms with Crippen LogP contribution in [0.4, 0.5) is 0 Å². The van der Waals surface area contributed by atoms with Crippen LogP contribution in [0, 0.1) is 0 Å². The highest BCUT2D eigenvalue weighted by molar-refractivity contribution is 5.73. The molecule has 0 bridgehead atoms. The van der Waals surface area contributed by atoms with E-state index in [0.717, 1.165) is 18.5 Å². The van der Waals surface area contributed by atoms with E-state index in [1.54, 1.807) is 7.05 Å². The molecule has 17 heavy (non-hydrogen) atoms. The van der Waals surface area contributed by atoms with E-state index in [1.807, 2.05) is 12.1 Å². The Labute approximate surface area is 99.2 Å². The molecule has 3 rings (SSSR count). The molecular weight excluding hydrogens is 216 g/mol. The minimum Gasteiger partial charge on any atom is -0.408 e. The van der Waals surface area contributed by atoms with E-state index >= 15 is 0 Å². The predicted molar refractivity (Wildman–Crippen MR) is 66.0 cm³/mol. The first kappa shape index (κ1) is 10.6. The zero-order valence-electron chi connectivity index (χ0n) is 9.90. The van der Waals surface area contributed by atoms with Gasteiger partial charge in [0.2, 0.25) is 0 Å². The molecule has 0 aliphatic carbocycles. The lowest BCUT2D eigenvalue weighted by molar-refractivity contribution is 0.412. The Bertz CT molecular complexity index is 591. The van der Waals surface area contributed by atoms with Crippen molar-refractivity contribution in [1.29, 1.82) is 0 Å². The number of oxazole rings is 1. The lowest BCUT2D eigenvalue weighted by Crippen LogP contribution is -2.26. The smallest absolute Gasteiger partial charge is 0.408 e. The number of piperidine rings is 1. The molecule has 1 atom stereocenters. The maximum absolute atomic E-state index is 11.4. The number of hydrogen-bond acceptors (Lipinski definition) is 3. The molecule has 1 aliphatic rings. The number of rotatable bonds is 1. The van der Waals surface area contributed by atoms with Crippen molar-refractivity contribution in [3.05, 3.63) is 34.3 Å². The maximum Gasteiger partial charge on any atom is 0.419 e. The molecular formula is C13H16N2O2. The summed E-state index contributed by atoms with van der Waals surface area (Å²) in [5.41, 5.74) is 2.75. The first-order valence-corrected chi connectivity index (χ1v) is 6.08. The SMILES string of the molecule is Cn1c(=O)oc2cc(C3CCCCN3)ccc21. The van der Waals surface area contributed by atoms with Gasteiger partial charge >= 0.3 is 5.76 Å². The summed E-state index contributed by atoms with van der Waals surface area (Å²) in [6.45, 7) is 1.07. The van der Waals surface area contributed by atoms with E-state index in [4.69, 9.17) is 4.42 Å². The standard InChI is InChI=1S/C13H16N2O2/c1-15-11-6-5-9(8-12(11)17-13(15)16)10-4-2-3-7-14-10/h5-6,8,10,14H,2-4,7H2,1H3. The Morgan fingerprint density at radius 2 is 2.29 bits per heavy atom. The zero-order chi connectivity index (χ0) is 11.8. The van der Waals surface area contributed by atoms with Gasteiger partial charge in [-0.3, -0.25) is 4.57 Å². The average molecular weight is 232 g/mol. The second-order valence-corrected chi connectivity index (χ2v) is 4.66. The topological polar surface area (TPSA) is 47.2 Å². The van der Waals surface area contributed by atoms with Crippen LogP contribution in [0.5, 0.6) is 0 Å². The van der Waals surface area contributed by atoms with Crippen molar-refractivity contribution in [2.75, 3.05) is 6.54 Å². The number of fused-ring (bicyclic) bond motifs is 1. The summed E-state index contributed by atoms with van der Waals surface area (Å²) >= 11 is 0. The van der Waals surface area contributed by atoms with Crippen LogP contribution >= 0.6 is 0 Å². The molecule has 0 saturated carbocycles. The van der Waals surface area contributed by atoms with E-state index < -0.39 is 0 Å². The van der Waals surface area contributed by atoms with Gasteiger partial charge in [0, 0.05) is 13.1 Å². The first-order valence-electron chi connectivity index (χ1n) is 6.08. The van der Waals surface area contributed by atoms with Crippen LogP contribution in [0.3, 0.4) is 0 Å². The van der Waals surface area contributed by atoms with Crippen molar-refractivity contribution in [3.8, 4) is 0 Å². The van der Waals surface area contributed by atoms with Crippen molar-refractivity contribution in [2.45, 2.75) is 25.3 Å². The van der Waals surface area contributed by atoms with Crippen molar-refractivity contribution in [2.24, 2.45) is 7.05 Å². The van der Waals surface area contributed by atoms with Gasteiger partial charge in [-0.25, -0.2) is 4.79 Å². The molecule has 1 unspecified atom stereocenters. The summed E-state index contributed by atoms with van der Waals surface area (Å²) < 4.78 is 6.74. The van der Waals surface area contributed by atoms with Crippen LogP contribution in [0.2, 0.25) is 0 Å². The second-order valence-electron chi connectivity index (χ2n) is 4.66. The number of hydrogen-bond donors (Lipinski definition) is 1. The minimum atomic E-state index is -0.297. The van der Waals surface area contributed by atoms with E-state index in [0.29, 0.717) is 11.6 Å². The van der Waals surface area contributed by atoms with Crippen LogP contribution in [-0.4, -0.2) is 11.1 Å². The molecule has 2 heterocycles. The normalized spacial score (nSPS) is 20.9. The number of aryl methyl sites for hydroxylation is 1. The molecule has 0 amide bonds. The molecule has 0 spiro atoms. The molecule has 1 saturated heterocycles. The van der Waals surface area contributed by atoms with E-state index in [2.05, 4.69) is 11.4 Å². The summed E-state index contributed by atoms with van der Waals surface area (Å²) in [7, 11) is 1.73. The molecule has 1 aliphatic heterocycles. The van der Waals surface area contributed by atoms with Crippen LogP contribution in [0.15, 0.2) is 27.4 Å². The Morgan fingerprint density at radius 1 is 1.41 bits per heavy atom. The van der Waals surface area contributed by atoms with Crippen LogP contribution in [-0.2, 0) is 7.05 Å². The molecule has 4 nitrogen and oxygen atoms in total. The van der Waals surface area contributed by atoms with Gasteiger partial charge in [-0.15, -0.1) is 0 Å². The van der Waals surface area contributed by atoms with Crippen LogP contribution < -0.4 is 11.1 Å². The monoisotopic (exact) mass is 232 g/mol. The molecule has 90 valence electrons. The first-order chi connectivity index (χ1) is 8.25. The summed E-state index contributed by atoms with van der Waals surface area (Å²) in [6.07, 6.45) is 3.66. The van der Waals surface area contributed by atoms with Crippen molar-refractivity contribution < 1.29 is 4.42 Å². The fraction of sp³-hybridized carbons (Fsp3) is 0.462. The average Bonchev–Trinajstić information content (AvgIpc) is 2.66. The summed E-state index contributed by atoms with van der Waals surface area (Å²) in [6, 6.07) is 6.44. The molecule has 1 aromatic carbocycles. The van der Waals surface area contributed by atoms with E-state index in [-0.39, 0.29) is 5.76 Å². The van der Waals surface area contributed by atoms with Gasteiger partial charge in [0.25, 0.3) is 0 Å². The fourth-order valence-corrected chi connectivity index (χ4v) is 2.50. The molecule has 0 radical (unpaired) electrons. The van der Waals surface area contributed by atoms with Crippen molar-refractivity contribution >= 4 is 11.1 Å². The number of benzene rings is 1. The Kier molecular flexibility index (Phi) is 2.52. The third-order valence-corrected chi connectivity index (χ3v) is 3.53.